The number of hydrogen-bond acceptors (Lipinski definition) is 9. The quantitative estimate of drug-likeness (QED) is 0.354. The second-order valence-corrected chi connectivity index (χ2v) is 10.9. The van der Waals surface area contributed by atoms with Crippen LogP contribution >= 0.6 is 50.4 Å². The van der Waals surface area contributed by atoms with E-state index in [0.717, 1.165) is 28.4 Å². The molecular formula is C17H11BrClN5O3S3. The van der Waals surface area contributed by atoms with Crippen molar-refractivity contribution in [2.45, 2.75) is 10.8 Å². The highest BCUT2D eigenvalue weighted by Gasteiger charge is 2.22. The average Bonchev–Trinajstić information content (AvgIpc) is 3.38. The summed E-state index contributed by atoms with van der Waals surface area (Å²) in [6.45, 7) is 0.208. The van der Waals surface area contributed by atoms with Crippen molar-refractivity contribution in [1.29, 1.82) is 0 Å². The molecule has 3 heterocycles. The number of benzene rings is 1. The number of sulfonamides is 1. The molecule has 0 saturated heterocycles. The SMILES string of the molecule is O=S(=O)(Nc1ncc(Br)nc1OCc1ccccc1)c1ccc(-c2nsc(Cl)n2)s1. The summed E-state index contributed by atoms with van der Waals surface area (Å²) in [5.41, 5.74) is 0.908. The zero-order valence-corrected chi connectivity index (χ0v) is 19.6. The molecule has 1 N–H and O–H groups in total. The molecule has 30 heavy (non-hydrogen) atoms. The molecule has 0 aliphatic rings. The third kappa shape index (κ3) is 4.95. The molecule has 0 fully saturated rings. The first-order valence-corrected chi connectivity index (χ1v) is 12.5. The van der Waals surface area contributed by atoms with Crippen molar-refractivity contribution in [3.05, 3.63) is 63.3 Å². The maximum Gasteiger partial charge on any atom is 0.272 e. The fraction of sp³-hybridized carbons (Fsp3) is 0.0588. The van der Waals surface area contributed by atoms with E-state index in [1.54, 1.807) is 6.07 Å². The van der Waals surface area contributed by atoms with Crippen molar-refractivity contribution < 1.29 is 13.2 Å². The Balaban J connectivity index is 1.56. The van der Waals surface area contributed by atoms with Gasteiger partial charge in [-0.1, -0.05) is 30.3 Å². The first-order valence-electron chi connectivity index (χ1n) is 8.22. The van der Waals surface area contributed by atoms with Crippen LogP contribution in [0.25, 0.3) is 10.7 Å². The summed E-state index contributed by atoms with van der Waals surface area (Å²) >= 11 is 11.1. The zero-order valence-electron chi connectivity index (χ0n) is 14.8. The Bertz CT molecular complexity index is 1280. The molecule has 4 aromatic rings. The van der Waals surface area contributed by atoms with Gasteiger partial charge in [0.25, 0.3) is 15.9 Å². The lowest BCUT2D eigenvalue weighted by molar-refractivity contribution is 0.294. The van der Waals surface area contributed by atoms with Crippen molar-refractivity contribution in [3.8, 4) is 16.6 Å². The summed E-state index contributed by atoms with van der Waals surface area (Å²) in [5.74, 6) is 0.423. The van der Waals surface area contributed by atoms with Crippen LogP contribution in [0.3, 0.4) is 0 Å². The van der Waals surface area contributed by atoms with Gasteiger partial charge in [-0.2, -0.15) is 4.37 Å². The molecule has 1 aromatic carbocycles. The molecule has 0 aliphatic heterocycles. The van der Waals surface area contributed by atoms with E-state index in [4.69, 9.17) is 16.3 Å². The number of aromatic nitrogens is 4. The average molecular weight is 545 g/mol. The maximum atomic E-state index is 12.9. The maximum absolute atomic E-state index is 12.9. The summed E-state index contributed by atoms with van der Waals surface area (Å²) in [6, 6.07) is 12.5. The lowest BCUT2D eigenvalue weighted by atomic mass is 10.2. The molecule has 4 rings (SSSR count). The van der Waals surface area contributed by atoms with E-state index in [2.05, 4.69) is 40.0 Å². The van der Waals surface area contributed by atoms with E-state index in [1.165, 1.54) is 12.3 Å². The molecule has 13 heteroatoms. The van der Waals surface area contributed by atoms with Gasteiger partial charge in [-0.25, -0.2) is 23.4 Å². The Labute approximate surface area is 193 Å². The Morgan fingerprint density at radius 2 is 1.93 bits per heavy atom. The van der Waals surface area contributed by atoms with Gasteiger partial charge in [-0.3, -0.25) is 4.72 Å². The highest BCUT2D eigenvalue weighted by Crippen LogP contribution is 2.32. The van der Waals surface area contributed by atoms with E-state index in [9.17, 15) is 8.42 Å². The van der Waals surface area contributed by atoms with Gasteiger partial charge in [0.1, 0.15) is 15.4 Å². The molecule has 8 nitrogen and oxygen atoms in total. The van der Waals surface area contributed by atoms with Crippen LogP contribution in [0.5, 0.6) is 5.88 Å². The minimum absolute atomic E-state index is 0.0149. The van der Waals surface area contributed by atoms with E-state index in [1.807, 2.05) is 30.3 Å². The normalized spacial score (nSPS) is 11.4. The summed E-state index contributed by atoms with van der Waals surface area (Å²) in [7, 11) is -3.93. The topological polar surface area (TPSA) is 107 Å². The number of halogens is 2. The lowest BCUT2D eigenvalue weighted by Gasteiger charge is -2.11. The molecule has 0 atom stereocenters. The Hall–Kier alpha value is -2.12. The monoisotopic (exact) mass is 543 g/mol. The Morgan fingerprint density at radius 3 is 2.67 bits per heavy atom. The standard InChI is InChI=1S/C17H11BrClN5O3S3/c18-12-8-20-15(16(21-12)27-9-10-4-2-1-3-5-10)24-30(25,26)13-7-6-11(28-13)14-22-17(19)29-23-14/h1-8H,9H2,(H,20,24). The molecular weight excluding hydrogens is 534 g/mol. The first kappa shape index (κ1) is 21.1. The second kappa shape index (κ2) is 8.94. The molecule has 0 saturated carbocycles. The predicted molar refractivity (Wildman–Crippen MR) is 120 cm³/mol. The van der Waals surface area contributed by atoms with E-state index >= 15 is 0 Å². The molecule has 0 aliphatic carbocycles. The molecule has 0 amide bonds. The van der Waals surface area contributed by atoms with E-state index < -0.39 is 10.0 Å². The van der Waals surface area contributed by atoms with Crippen LogP contribution in [-0.2, 0) is 16.6 Å². The zero-order chi connectivity index (χ0) is 21.1. The fourth-order valence-electron chi connectivity index (χ4n) is 2.32. The van der Waals surface area contributed by atoms with Crippen LogP contribution in [0.15, 0.2) is 57.5 Å². The second-order valence-electron chi connectivity index (χ2n) is 5.72. The lowest BCUT2D eigenvalue weighted by Crippen LogP contribution is -2.14. The number of hydrogen-bond donors (Lipinski definition) is 1. The van der Waals surface area contributed by atoms with Gasteiger partial charge in [-0.05, 0) is 56.8 Å². The number of nitrogens with one attached hydrogen (secondary N) is 1. The van der Waals surface area contributed by atoms with Crippen LogP contribution in [0, 0.1) is 0 Å². The number of thiophene rings is 1. The van der Waals surface area contributed by atoms with Crippen molar-refractivity contribution in [1.82, 2.24) is 19.3 Å². The van der Waals surface area contributed by atoms with Gasteiger partial charge < -0.3 is 4.74 Å². The third-order valence-electron chi connectivity index (χ3n) is 3.63. The predicted octanol–water partition coefficient (Wildman–Crippen LogP) is 4.85. The van der Waals surface area contributed by atoms with Crippen LogP contribution < -0.4 is 9.46 Å². The smallest absolute Gasteiger partial charge is 0.272 e. The molecule has 0 radical (unpaired) electrons. The van der Waals surface area contributed by atoms with E-state index in [0.29, 0.717) is 15.3 Å². The van der Waals surface area contributed by atoms with Gasteiger partial charge >= 0.3 is 0 Å². The van der Waals surface area contributed by atoms with Gasteiger partial charge in [0.15, 0.2) is 5.82 Å². The molecule has 154 valence electrons. The van der Waals surface area contributed by atoms with Crippen molar-refractivity contribution in [3.63, 3.8) is 0 Å². The van der Waals surface area contributed by atoms with Gasteiger partial charge in [0.05, 0.1) is 11.1 Å². The summed E-state index contributed by atoms with van der Waals surface area (Å²) in [5, 5.41) is 0. The number of anilines is 1. The van der Waals surface area contributed by atoms with Gasteiger partial charge in [-0.15, -0.1) is 11.3 Å². The number of ether oxygens (including phenoxy) is 1. The van der Waals surface area contributed by atoms with Crippen LogP contribution in [0.2, 0.25) is 4.47 Å². The van der Waals surface area contributed by atoms with Crippen molar-refractivity contribution in [2.75, 3.05) is 4.72 Å². The summed E-state index contributed by atoms with van der Waals surface area (Å²) in [4.78, 5) is 12.9. The number of nitrogens with zero attached hydrogens (tertiary/aromatic N) is 4. The summed E-state index contributed by atoms with van der Waals surface area (Å²) < 4.78 is 38.7. The largest absolute Gasteiger partial charge is 0.470 e. The highest BCUT2D eigenvalue weighted by atomic mass is 79.9. The van der Waals surface area contributed by atoms with Crippen molar-refractivity contribution in [2.24, 2.45) is 0 Å². The minimum atomic E-state index is -3.93. The minimum Gasteiger partial charge on any atom is -0.470 e. The van der Waals surface area contributed by atoms with Crippen LogP contribution in [0.4, 0.5) is 5.82 Å². The number of rotatable bonds is 7. The van der Waals surface area contributed by atoms with E-state index in [-0.39, 0.29) is 27.0 Å². The summed E-state index contributed by atoms with van der Waals surface area (Å²) in [6.07, 6.45) is 1.38. The van der Waals surface area contributed by atoms with Gasteiger partial charge in [0, 0.05) is 0 Å². The third-order valence-corrected chi connectivity index (χ3v) is 7.72. The molecule has 0 unspecified atom stereocenters. The first-order chi connectivity index (χ1) is 14.4. The van der Waals surface area contributed by atoms with Crippen molar-refractivity contribution >= 4 is 66.2 Å². The van der Waals surface area contributed by atoms with Crippen LogP contribution in [-0.4, -0.2) is 27.7 Å². The Morgan fingerprint density at radius 1 is 1.13 bits per heavy atom. The van der Waals surface area contributed by atoms with Gasteiger partial charge in [0.2, 0.25) is 10.3 Å². The molecule has 3 aromatic heterocycles. The Kier molecular flexibility index (Phi) is 6.29. The highest BCUT2D eigenvalue weighted by molar-refractivity contribution is 9.10. The molecule has 0 bridgehead atoms. The van der Waals surface area contributed by atoms with Crippen LogP contribution in [0.1, 0.15) is 5.56 Å². The molecule has 0 spiro atoms. The fourth-order valence-corrected chi connectivity index (χ4v) is 5.50.